The summed E-state index contributed by atoms with van der Waals surface area (Å²) in [5, 5.41) is 0. The fourth-order valence-electron chi connectivity index (χ4n) is 3.21. The van der Waals surface area contributed by atoms with Gasteiger partial charge in [0.25, 0.3) is 0 Å². The Morgan fingerprint density at radius 1 is 1.36 bits per heavy atom. The number of hydrogen-bond donors (Lipinski definition) is 1. The molecule has 0 amide bonds. The minimum absolute atomic E-state index is 0.225. The van der Waals surface area contributed by atoms with E-state index in [1.54, 1.807) is 6.20 Å². The number of pyridine rings is 1. The predicted molar refractivity (Wildman–Crippen MR) is 90.3 cm³/mol. The summed E-state index contributed by atoms with van der Waals surface area (Å²) >= 11 is 4.26. The Balaban J connectivity index is 2.05. The molecule has 0 radical (unpaired) electrons. The smallest absolute Gasteiger partial charge is 0.169 e. The number of hydrogen-bond acceptors (Lipinski definition) is 4. The number of ketones is 1. The molecule has 3 nitrogen and oxygen atoms in total. The van der Waals surface area contributed by atoms with Crippen LogP contribution >= 0.6 is 12.6 Å². The molecule has 2 unspecified atom stereocenters. The van der Waals surface area contributed by atoms with Gasteiger partial charge in [0.1, 0.15) is 5.82 Å². The van der Waals surface area contributed by atoms with E-state index in [1.807, 2.05) is 12.1 Å². The highest BCUT2D eigenvalue weighted by molar-refractivity contribution is 7.80. The first-order chi connectivity index (χ1) is 10.2. The van der Waals surface area contributed by atoms with Gasteiger partial charge < -0.3 is 4.90 Å². The lowest BCUT2D eigenvalue weighted by molar-refractivity contribution is -0.130. The van der Waals surface area contributed by atoms with Gasteiger partial charge in [-0.1, -0.05) is 13.8 Å². The van der Waals surface area contributed by atoms with Crippen LogP contribution in [0.4, 0.5) is 10.2 Å². The van der Waals surface area contributed by atoms with Gasteiger partial charge in [-0.05, 0) is 43.7 Å². The lowest BCUT2D eigenvalue weighted by Crippen LogP contribution is -2.46. The summed E-state index contributed by atoms with van der Waals surface area (Å²) in [5.74, 6) is 1.53. The van der Waals surface area contributed by atoms with Gasteiger partial charge in [0, 0.05) is 30.6 Å². The average molecular weight is 324 g/mol. The van der Waals surface area contributed by atoms with Crippen molar-refractivity contribution >= 4 is 24.2 Å². The van der Waals surface area contributed by atoms with Crippen LogP contribution in [0, 0.1) is 17.8 Å². The molecular weight excluding hydrogens is 299 g/mol. The number of halogens is 1. The van der Waals surface area contributed by atoms with Crippen LogP contribution in [0.5, 0.6) is 0 Å². The van der Waals surface area contributed by atoms with Gasteiger partial charge in [0.05, 0.1) is 0 Å². The molecule has 0 bridgehead atoms. The summed E-state index contributed by atoms with van der Waals surface area (Å²) in [6, 6.07) is 3.90. The number of Topliss-reactive ketones (excluding diaryl/α,β-unsaturated/α-hetero) is 1. The van der Waals surface area contributed by atoms with Gasteiger partial charge in [-0.2, -0.15) is 0 Å². The number of carbonyl (C=O) groups is 1. The summed E-state index contributed by atoms with van der Waals surface area (Å²) in [7, 11) is 0. The van der Waals surface area contributed by atoms with Crippen LogP contribution < -0.4 is 4.90 Å². The summed E-state index contributed by atoms with van der Waals surface area (Å²) in [5.41, 5.74) is -1.74. The fraction of sp³-hybridized carbons (Fsp3) is 0.647. The highest BCUT2D eigenvalue weighted by Gasteiger charge is 2.37. The zero-order valence-corrected chi connectivity index (χ0v) is 14.6. The van der Waals surface area contributed by atoms with Crippen molar-refractivity contribution in [2.24, 2.45) is 17.8 Å². The van der Waals surface area contributed by atoms with Crippen molar-refractivity contribution in [2.45, 2.75) is 44.7 Å². The maximum Gasteiger partial charge on any atom is 0.169 e. The van der Waals surface area contributed by atoms with Crippen molar-refractivity contribution in [3.8, 4) is 0 Å². The van der Waals surface area contributed by atoms with Crippen molar-refractivity contribution in [1.29, 1.82) is 0 Å². The predicted octanol–water partition coefficient (Wildman–Crippen LogP) is 3.79. The molecule has 1 saturated heterocycles. The van der Waals surface area contributed by atoms with E-state index < -0.39 is 5.67 Å². The Kier molecular flexibility index (Phi) is 5.15. The zero-order valence-electron chi connectivity index (χ0n) is 13.7. The average Bonchev–Trinajstić information content (AvgIpc) is 2.42. The maximum atomic E-state index is 13.8. The monoisotopic (exact) mass is 324 g/mol. The SMILES string of the molecule is CC1CN(c2ccc(S)cn2)CC(C)C1CC(=O)C(C)(C)F. The Morgan fingerprint density at radius 3 is 2.41 bits per heavy atom. The van der Waals surface area contributed by atoms with Crippen molar-refractivity contribution in [2.75, 3.05) is 18.0 Å². The van der Waals surface area contributed by atoms with Gasteiger partial charge in [0.15, 0.2) is 11.5 Å². The first-order valence-corrected chi connectivity index (χ1v) is 8.25. The number of piperidine rings is 1. The summed E-state index contributed by atoms with van der Waals surface area (Å²) in [4.78, 5) is 19.5. The minimum atomic E-state index is -1.74. The van der Waals surface area contributed by atoms with Crippen LogP contribution in [0.15, 0.2) is 23.2 Å². The van der Waals surface area contributed by atoms with Crippen LogP contribution in [-0.2, 0) is 4.79 Å². The standard InChI is InChI=1S/C17H25FN2OS/c1-11-9-20(16-6-5-13(22)8-19-16)10-12(2)14(11)7-15(21)17(3,4)18/h5-6,8,11-12,14,22H,7,9-10H2,1-4H3. The minimum Gasteiger partial charge on any atom is -0.356 e. The van der Waals surface area contributed by atoms with Crippen molar-refractivity contribution in [3.05, 3.63) is 18.3 Å². The topological polar surface area (TPSA) is 33.2 Å². The van der Waals surface area contributed by atoms with E-state index in [1.165, 1.54) is 13.8 Å². The van der Waals surface area contributed by atoms with Crippen LogP contribution in [0.1, 0.15) is 34.1 Å². The third-order valence-corrected chi connectivity index (χ3v) is 4.88. The molecule has 0 aromatic carbocycles. The van der Waals surface area contributed by atoms with Gasteiger partial charge in [0.2, 0.25) is 0 Å². The summed E-state index contributed by atoms with van der Waals surface area (Å²) in [6.07, 6.45) is 2.07. The molecule has 0 N–H and O–H groups in total. The highest BCUT2D eigenvalue weighted by Crippen LogP contribution is 2.34. The first kappa shape index (κ1) is 17.3. The largest absolute Gasteiger partial charge is 0.356 e. The number of rotatable bonds is 4. The number of thiol groups is 1. The van der Waals surface area contributed by atoms with Gasteiger partial charge in [-0.3, -0.25) is 4.79 Å². The lowest BCUT2D eigenvalue weighted by atomic mass is 9.75. The Bertz CT molecular complexity index is 514. The van der Waals surface area contributed by atoms with E-state index in [9.17, 15) is 9.18 Å². The third-order valence-electron chi connectivity index (χ3n) is 4.62. The normalized spacial score (nSPS) is 26.1. The molecule has 2 rings (SSSR count). The molecule has 0 saturated carbocycles. The number of alkyl halides is 1. The zero-order chi connectivity index (χ0) is 16.5. The fourth-order valence-corrected chi connectivity index (χ4v) is 3.35. The van der Waals surface area contributed by atoms with E-state index in [2.05, 4.69) is 36.4 Å². The van der Waals surface area contributed by atoms with Gasteiger partial charge in [-0.15, -0.1) is 12.6 Å². The molecule has 1 aliphatic heterocycles. The molecule has 1 aromatic rings. The molecule has 22 heavy (non-hydrogen) atoms. The highest BCUT2D eigenvalue weighted by atomic mass is 32.1. The molecule has 0 spiro atoms. The second-order valence-electron chi connectivity index (χ2n) is 7.00. The van der Waals surface area contributed by atoms with E-state index in [4.69, 9.17) is 0 Å². The van der Waals surface area contributed by atoms with Crippen LogP contribution in [0.25, 0.3) is 0 Å². The lowest BCUT2D eigenvalue weighted by Gasteiger charge is -2.42. The second kappa shape index (κ2) is 6.57. The molecule has 2 heterocycles. The molecule has 5 heteroatoms. The van der Waals surface area contributed by atoms with Crippen molar-refractivity contribution in [3.63, 3.8) is 0 Å². The quantitative estimate of drug-likeness (QED) is 0.856. The molecule has 1 fully saturated rings. The van der Waals surface area contributed by atoms with Crippen molar-refractivity contribution < 1.29 is 9.18 Å². The van der Waals surface area contributed by atoms with E-state index in [0.29, 0.717) is 18.3 Å². The van der Waals surface area contributed by atoms with Crippen molar-refractivity contribution in [1.82, 2.24) is 4.98 Å². The molecule has 122 valence electrons. The van der Waals surface area contributed by atoms with E-state index in [0.717, 1.165) is 23.8 Å². The molecule has 1 aliphatic rings. The summed E-state index contributed by atoms with van der Waals surface area (Å²) in [6.45, 7) is 8.66. The van der Waals surface area contributed by atoms with E-state index >= 15 is 0 Å². The molecular formula is C17H25FN2OS. The molecule has 1 aromatic heterocycles. The van der Waals surface area contributed by atoms with Crippen LogP contribution in [0.2, 0.25) is 0 Å². The van der Waals surface area contributed by atoms with Gasteiger partial charge >= 0.3 is 0 Å². The summed E-state index contributed by atoms with van der Waals surface area (Å²) < 4.78 is 13.8. The Hall–Kier alpha value is -1.10. The van der Waals surface area contributed by atoms with Crippen LogP contribution in [-0.4, -0.2) is 29.5 Å². The van der Waals surface area contributed by atoms with Crippen LogP contribution in [0.3, 0.4) is 0 Å². The van der Waals surface area contributed by atoms with E-state index in [-0.39, 0.29) is 11.7 Å². The molecule has 2 atom stereocenters. The number of anilines is 1. The van der Waals surface area contributed by atoms with Gasteiger partial charge in [-0.25, -0.2) is 9.37 Å². The maximum absolute atomic E-state index is 13.8. The Labute approximate surface area is 137 Å². The first-order valence-electron chi connectivity index (χ1n) is 7.80. The number of nitrogens with zero attached hydrogens (tertiary/aromatic N) is 2. The number of carbonyl (C=O) groups excluding carboxylic acids is 1. The molecule has 0 aliphatic carbocycles. The third kappa shape index (κ3) is 4.00. The number of aromatic nitrogens is 1. The Morgan fingerprint density at radius 2 is 1.95 bits per heavy atom. The second-order valence-corrected chi connectivity index (χ2v) is 7.51.